The van der Waals surface area contributed by atoms with Gasteiger partial charge >= 0.3 is 5.97 Å². The molecule has 0 bridgehead atoms. The molecule has 0 radical (unpaired) electrons. The van der Waals surface area contributed by atoms with Gasteiger partial charge in [0.15, 0.2) is 0 Å². The molecule has 0 saturated carbocycles. The summed E-state index contributed by atoms with van der Waals surface area (Å²) in [4.78, 5) is 70.8. The minimum atomic E-state index is -1.01. The monoisotopic (exact) mass is 1020 g/mol. The first-order valence-electron chi connectivity index (χ1n) is 19.7. The van der Waals surface area contributed by atoms with Crippen LogP contribution in [0.1, 0.15) is 94.6 Å². The number of carbonyl (C=O) groups excluding carboxylic acids is 3. The summed E-state index contributed by atoms with van der Waals surface area (Å²) in [6, 6.07) is 33.3. The minimum absolute atomic E-state index is 0.0503. The normalized spacial score (nSPS) is 10.5. The van der Waals surface area contributed by atoms with Gasteiger partial charge < -0.3 is 15.7 Å². The van der Waals surface area contributed by atoms with Crippen LogP contribution in [0.25, 0.3) is 0 Å². The van der Waals surface area contributed by atoms with Gasteiger partial charge in [-0.3, -0.25) is 44.2 Å². The van der Waals surface area contributed by atoms with E-state index in [9.17, 15) is 19.2 Å². The Bertz CT molecular complexity index is 2440. The predicted octanol–water partition coefficient (Wildman–Crippen LogP) is 8.81. The zero-order valence-electron chi connectivity index (χ0n) is 36.5. The Balaban J connectivity index is 0.000000238. The summed E-state index contributed by atoms with van der Waals surface area (Å²) in [5.74, 6) is -2.36. The molecule has 4 heterocycles. The number of carboxylic acids is 1. The minimum Gasteiger partial charge on any atom is -0.477 e. The number of hydrogen-bond donors (Lipinski definition) is 7. The van der Waals surface area contributed by atoms with Crippen molar-refractivity contribution >= 4 is 66.9 Å². The number of halogens is 2. The Morgan fingerprint density at radius 3 is 1.23 bits per heavy atom. The van der Waals surface area contributed by atoms with E-state index in [1.807, 2.05) is 108 Å². The van der Waals surface area contributed by atoms with E-state index in [1.54, 1.807) is 54.3 Å². The molecular weight excluding hydrogens is 966 g/mol. The second-order valence-corrected chi connectivity index (χ2v) is 17.1. The molecule has 3 amide bonds. The third-order valence-electron chi connectivity index (χ3n) is 7.56. The van der Waals surface area contributed by atoms with Gasteiger partial charge in [0.05, 0.1) is 11.2 Å². The topological polar surface area (TPSA) is 239 Å². The van der Waals surface area contributed by atoms with E-state index in [0.717, 1.165) is 25.9 Å². The van der Waals surface area contributed by atoms with E-state index in [1.165, 1.54) is 24.0 Å². The second-order valence-electron chi connectivity index (χ2n) is 15.3. The highest BCUT2D eigenvalue weighted by Gasteiger charge is 2.16. The first-order chi connectivity index (χ1) is 30.8. The van der Waals surface area contributed by atoms with Crippen LogP contribution in [0.5, 0.6) is 0 Å². The van der Waals surface area contributed by atoms with E-state index >= 15 is 0 Å². The molecule has 17 nitrogen and oxygen atoms in total. The fraction of sp³-hybridized carbons (Fsp3) is 0.217. The van der Waals surface area contributed by atoms with Gasteiger partial charge in [-0.2, -0.15) is 0 Å². The number of amides is 3. The third kappa shape index (κ3) is 22.0. The Kier molecular flexibility index (Phi) is 21.8. The number of rotatable bonds is 12. The molecule has 4 aromatic heterocycles. The lowest BCUT2D eigenvalue weighted by molar-refractivity contribution is -0.0591. The van der Waals surface area contributed by atoms with Crippen molar-refractivity contribution in [3.05, 3.63) is 177 Å². The maximum Gasteiger partial charge on any atom is 0.354 e. The van der Waals surface area contributed by atoms with Crippen molar-refractivity contribution in [1.82, 2.24) is 36.4 Å². The van der Waals surface area contributed by atoms with Gasteiger partial charge in [-0.25, -0.2) is 26.2 Å². The molecule has 0 saturated heterocycles. The van der Waals surface area contributed by atoms with Crippen molar-refractivity contribution < 1.29 is 39.2 Å². The molecule has 342 valence electrons. The lowest BCUT2D eigenvalue weighted by atomic mass is 10.2. The zero-order chi connectivity index (χ0) is 47.8. The molecule has 0 unspecified atom stereocenters. The van der Waals surface area contributed by atoms with Gasteiger partial charge in [-0.15, -0.1) is 0 Å². The number of anilines is 2. The summed E-state index contributed by atoms with van der Waals surface area (Å²) in [6.45, 7) is 12.5. The molecule has 6 aromatic rings. The van der Waals surface area contributed by atoms with Crippen molar-refractivity contribution in [1.29, 1.82) is 0 Å². The summed E-state index contributed by atoms with van der Waals surface area (Å²) in [7, 11) is 0. The highest BCUT2D eigenvalue weighted by molar-refractivity contribution is 9.10. The molecule has 0 fully saturated rings. The van der Waals surface area contributed by atoms with Gasteiger partial charge in [-0.1, -0.05) is 92.5 Å². The van der Waals surface area contributed by atoms with Crippen LogP contribution < -0.4 is 27.1 Å². The highest BCUT2D eigenvalue weighted by atomic mass is 79.9. The molecule has 0 aliphatic rings. The third-order valence-corrected chi connectivity index (χ3v) is 8.55. The van der Waals surface area contributed by atoms with E-state index in [4.69, 9.17) is 20.0 Å². The smallest absolute Gasteiger partial charge is 0.354 e. The molecule has 7 N–H and O–H groups in total. The average Bonchev–Trinajstić information content (AvgIpc) is 3.29. The number of carboxylic acid groups (broad SMARTS) is 1. The average molecular weight is 1020 g/mol. The number of pyridine rings is 4. The van der Waals surface area contributed by atoms with Crippen molar-refractivity contribution in [2.75, 3.05) is 10.6 Å². The van der Waals surface area contributed by atoms with Gasteiger partial charge in [0.25, 0.3) is 17.7 Å². The molecule has 0 aliphatic heterocycles. The molecule has 65 heavy (non-hydrogen) atoms. The van der Waals surface area contributed by atoms with Crippen LogP contribution in [0.2, 0.25) is 0 Å². The lowest BCUT2D eigenvalue weighted by Gasteiger charge is -2.18. The number of benzene rings is 2. The van der Waals surface area contributed by atoms with Crippen LogP contribution in [-0.2, 0) is 22.8 Å². The summed E-state index contributed by atoms with van der Waals surface area (Å²) in [5.41, 5.74) is 10.2. The van der Waals surface area contributed by atoms with Gasteiger partial charge in [0.2, 0.25) is 0 Å². The maximum absolute atomic E-state index is 12.0. The molecule has 0 atom stereocenters. The molecule has 0 spiro atoms. The molecule has 0 aliphatic carbocycles. The fourth-order valence-electron chi connectivity index (χ4n) is 4.54. The van der Waals surface area contributed by atoms with Crippen LogP contribution in [0.3, 0.4) is 0 Å². The highest BCUT2D eigenvalue weighted by Crippen LogP contribution is 2.14. The first kappa shape index (κ1) is 52.7. The van der Waals surface area contributed by atoms with E-state index < -0.39 is 23.1 Å². The summed E-state index contributed by atoms with van der Waals surface area (Å²) < 4.78 is 1.53. The van der Waals surface area contributed by atoms with Crippen LogP contribution >= 0.6 is 31.9 Å². The van der Waals surface area contributed by atoms with E-state index in [0.29, 0.717) is 24.5 Å². The summed E-state index contributed by atoms with van der Waals surface area (Å²) >= 11 is 6.39. The standard InChI is InChI=1S/C17H21N3O2.C13H13N3O2.C10H13BrN2O2.C6H4BrNO2/c1-17(2,3)22-20-16(21)15-11-14(9-10-18-15)19-12-13-7-5-4-6-8-13;17-13(16-18)12-8-11(6-7-14-12)15-9-10-4-2-1-3-5-10;1-10(2,3)15-13-9(14)8-6-7(11)4-5-12-8;7-4-1-2-8-5(3-4)6(9)10/h4-11H,12H2,1-3H3,(H,18,19)(H,20,21);1-8,18H,9H2,(H,14,15)(H,16,17);4-6H,1-3H3,(H,13,14);1-3H,(H,9,10). The largest absolute Gasteiger partial charge is 0.477 e. The van der Waals surface area contributed by atoms with E-state index in [-0.39, 0.29) is 23.2 Å². The Morgan fingerprint density at radius 2 is 0.877 bits per heavy atom. The Morgan fingerprint density at radius 1 is 0.523 bits per heavy atom. The molecule has 6 rings (SSSR count). The number of nitrogens with zero attached hydrogens (tertiary/aromatic N) is 4. The second kappa shape index (κ2) is 26.9. The van der Waals surface area contributed by atoms with Gasteiger partial charge in [-0.05, 0) is 101 Å². The van der Waals surface area contributed by atoms with E-state index in [2.05, 4.69) is 73.4 Å². The van der Waals surface area contributed by atoms with Crippen LogP contribution in [0, 0.1) is 0 Å². The van der Waals surface area contributed by atoms with Crippen LogP contribution in [-0.4, -0.2) is 65.1 Å². The van der Waals surface area contributed by atoms with Crippen molar-refractivity contribution in [2.45, 2.75) is 65.8 Å². The number of nitrogens with one attached hydrogen (secondary N) is 5. The zero-order valence-corrected chi connectivity index (χ0v) is 39.7. The number of carbonyl (C=O) groups is 4. The molecule has 2 aromatic carbocycles. The van der Waals surface area contributed by atoms with Gasteiger partial charge in [0.1, 0.15) is 22.8 Å². The SMILES string of the molecule is CC(C)(C)ONC(=O)c1cc(Br)ccn1.CC(C)(C)ONC(=O)c1cc(NCc2ccccc2)ccn1.O=C(NO)c1cc(NCc2ccccc2)ccn1.O=C(O)c1cc(Br)ccn1. The van der Waals surface area contributed by atoms with Crippen molar-refractivity contribution in [3.8, 4) is 0 Å². The molecule has 19 heteroatoms. The Hall–Kier alpha value is -6.64. The number of hydroxylamine groups is 3. The fourth-order valence-corrected chi connectivity index (χ4v) is 5.21. The Labute approximate surface area is 394 Å². The maximum atomic E-state index is 12.0. The number of aromatic carboxylic acids is 1. The van der Waals surface area contributed by atoms with Crippen molar-refractivity contribution in [2.24, 2.45) is 0 Å². The molecular formula is C46H51Br2N9O8. The first-order valence-corrected chi connectivity index (χ1v) is 21.3. The number of hydrogen-bond acceptors (Lipinski definition) is 13. The quantitative estimate of drug-likeness (QED) is 0.0448. The number of aromatic nitrogens is 4. The summed E-state index contributed by atoms with van der Waals surface area (Å²) in [5, 5.41) is 23.4. The predicted molar refractivity (Wildman–Crippen MR) is 253 cm³/mol. The van der Waals surface area contributed by atoms with Crippen LogP contribution in [0.15, 0.2) is 143 Å². The lowest BCUT2D eigenvalue weighted by Crippen LogP contribution is -2.33. The van der Waals surface area contributed by atoms with Crippen molar-refractivity contribution in [3.63, 3.8) is 0 Å². The van der Waals surface area contributed by atoms with Crippen LogP contribution in [0.4, 0.5) is 11.4 Å². The van der Waals surface area contributed by atoms with Gasteiger partial charge in [0, 0.05) is 58.2 Å². The summed E-state index contributed by atoms with van der Waals surface area (Å²) in [6.07, 6.45) is 6.10.